The smallest absolute Gasteiger partial charge is 0.166 e. The van der Waals surface area contributed by atoms with Crippen molar-refractivity contribution in [2.24, 2.45) is 0 Å². The molecule has 0 radical (unpaired) electrons. The second-order valence-corrected chi connectivity index (χ2v) is 4.62. The Morgan fingerprint density at radius 3 is 2.88 bits per heavy atom. The average Bonchev–Trinajstić information content (AvgIpc) is 2.37. The molecule has 4 heteroatoms. The van der Waals surface area contributed by atoms with Crippen molar-refractivity contribution >= 4 is 5.78 Å². The zero-order valence-corrected chi connectivity index (χ0v) is 10.6. The van der Waals surface area contributed by atoms with Gasteiger partial charge in [0.05, 0.1) is 11.3 Å². The fourth-order valence-electron chi connectivity index (χ4n) is 2.04. The van der Waals surface area contributed by atoms with Crippen LogP contribution in [0.1, 0.15) is 55.0 Å². The number of fused-ring (bicyclic) bond motifs is 1. The van der Waals surface area contributed by atoms with E-state index in [9.17, 15) is 4.79 Å². The lowest BCUT2D eigenvalue weighted by molar-refractivity contribution is -0.00923. The highest BCUT2D eigenvalue weighted by molar-refractivity contribution is 5.97. The number of ketones is 1. The zero-order chi connectivity index (χ0) is 12.5. The number of ether oxygens (including phenoxy) is 1. The van der Waals surface area contributed by atoms with Gasteiger partial charge in [0, 0.05) is 19.7 Å². The van der Waals surface area contributed by atoms with E-state index in [1.165, 1.54) is 0 Å². The topological polar surface area (TPSA) is 52.1 Å². The Bertz CT molecular complexity index is 439. The molecule has 0 saturated carbocycles. The SMILES string of the molecule is CCC(C)(OC)c1ncc2c(n1)CCCC2=O. The molecule has 0 amide bonds. The molecular weight excluding hydrogens is 216 g/mol. The summed E-state index contributed by atoms with van der Waals surface area (Å²) in [5.74, 6) is 0.837. The molecule has 0 N–H and O–H groups in total. The van der Waals surface area contributed by atoms with Gasteiger partial charge in [0.2, 0.25) is 0 Å². The van der Waals surface area contributed by atoms with Gasteiger partial charge in [-0.1, -0.05) is 6.92 Å². The number of nitrogens with zero attached hydrogens (tertiary/aromatic N) is 2. The van der Waals surface area contributed by atoms with Gasteiger partial charge in [0.15, 0.2) is 11.6 Å². The Kier molecular flexibility index (Phi) is 3.24. The third-order valence-corrected chi connectivity index (χ3v) is 3.58. The van der Waals surface area contributed by atoms with Gasteiger partial charge in [0.1, 0.15) is 5.60 Å². The summed E-state index contributed by atoms with van der Waals surface area (Å²) in [4.78, 5) is 20.5. The van der Waals surface area contributed by atoms with Gasteiger partial charge in [0.25, 0.3) is 0 Å². The van der Waals surface area contributed by atoms with E-state index in [1.54, 1.807) is 13.3 Å². The molecule has 0 aliphatic heterocycles. The van der Waals surface area contributed by atoms with Gasteiger partial charge in [-0.3, -0.25) is 4.79 Å². The van der Waals surface area contributed by atoms with Crippen LogP contribution in [0.15, 0.2) is 6.20 Å². The Morgan fingerprint density at radius 1 is 1.47 bits per heavy atom. The summed E-state index contributed by atoms with van der Waals surface area (Å²) in [5, 5.41) is 0. The maximum atomic E-state index is 11.7. The number of hydrogen-bond donors (Lipinski definition) is 0. The molecule has 1 atom stereocenters. The Labute approximate surface area is 101 Å². The van der Waals surface area contributed by atoms with Gasteiger partial charge in [-0.05, 0) is 26.2 Å². The summed E-state index contributed by atoms with van der Waals surface area (Å²) in [6.07, 6.45) is 4.82. The van der Waals surface area contributed by atoms with Gasteiger partial charge in [-0.15, -0.1) is 0 Å². The largest absolute Gasteiger partial charge is 0.371 e. The van der Waals surface area contributed by atoms with E-state index < -0.39 is 5.60 Å². The standard InChI is InChI=1S/C13H18N2O2/c1-4-13(2,17-3)12-14-8-9-10(15-12)6-5-7-11(9)16/h8H,4-7H2,1-3H3. The molecule has 0 bridgehead atoms. The Morgan fingerprint density at radius 2 is 2.24 bits per heavy atom. The predicted octanol–water partition coefficient (Wildman–Crippen LogP) is 2.27. The van der Waals surface area contributed by atoms with Crippen molar-refractivity contribution in [2.45, 2.75) is 45.1 Å². The third-order valence-electron chi connectivity index (χ3n) is 3.58. The van der Waals surface area contributed by atoms with E-state index in [-0.39, 0.29) is 5.78 Å². The highest BCUT2D eigenvalue weighted by atomic mass is 16.5. The molecule has 1 aromatic rings. The minimum atomic E-state index is -0.463. The maximum absolute atomic E-state index is 11.7. The van der Waals surface area contributed by atoms with E-state index in [1.807, 2.05) is 13.8 Å². The lowest BCUT2D eigenvalue weighted by Crippen LogP contribution is -2.28. The van der Waals surface area contributed by atoms with Crippen LogP contribution in [0.4, 0.5) is 0 Å². The second-order valence-electron chi connectivity index (χ2n) is 4.62. The van der Waals surface area contributed by atoms with Crippen LogP contribution >= 0.6 is 0 Å². The van der Waals surface area contributed by atoms with E-state index in [4.69, 9.17) is 4.74 Å². The molecule has 0 saturated heterocycles. The van der Waals surface area contributed by atoms with Crippen molar-refractivity contribution in [2.75, 3.05) is 7.11 Å². The molecular formula is C13H18N2O2. The number of aromatic nitrogens is 2. The second kappa shape index (κ2) is 4.53. The van der Waals surface area contributed by atoms with Gasteiger partial charge in [-0.2, -0.15) is 0 Å². The first-order valence-electron chi connectivity index (χ1n) is 6.05. The van der Waals surface area contributed by atoms with Crippen molar-refractivity contribution in [3.8, 4) is 0 Å². The van der Waals surface area contributed by atoms with Crippen molar-refractivity contribution < 1.29 is 9.53 Å². The molecule has 1 unspecified atom stereocenters. The molecule has 0 fully saturated rings. The molecule has 17 heavy (non-hydrogen) atoms. The molecule has 1 aliphatic rings. The molecule has 1 aliphatic carbocycles. The molecule has 0 spiro atoms. The van der Waals surface area contributed by atoms with Gasteiger partial charge < -0.3 is 4.74 Å². The molecule has 1 aromatic heterocycles. The maximum Gasteiger partial charge on any atom is 0.166 e. The summed E-state index contributed by atoms with van der Waals surface area (Å²) in [5.41, 5.74) is 1.10. The third kappa shape index (κ3) is 2.09. The van der Waals surface area contributed by atoms with Crippen LogP contribution in [0, 0.1) is 0 Å². The van der Waals surface area contributed by atoms with Crippen LogP contribution in [0.25, 0.3) is 0 Å². The quantitative estimate of drug-likeness (QED) is 0.805. The number of methoxy groups -OCH3 is 1. The summed E-state index contributed by atoms with van der Waals surface area (Å²) >= 11 is 0. The number of hydrogen-bond acceptors (Lipinski definition) is 4. The fourth-order valence-corrected chi connectivity index (χ4v) is 2.04. The average molecular weight is 234 g/mol. The summed E-state index contributed by atoms with van der Waals surface area (Å²) in [6.45, 7) is 4.01. The monoisotopic (exact) mass is 234 g/mol. The first kappa shape index (κ1) is 12.2. The number of rotatable bonds is 3. The Balaban J connectivity index is 2.43. The molecule has 2 rings (SSSR count). The summed E-state index contributed by atoms with van der Waals surface area (Å²) < 4.78 is 5.48. The predicted molar refractivity (Wildman–Crippen MR) is 64.0 cm³/mol. The van der Waals surface area contributed by atoms with Crippen molar-refractivity contribution in [1.29, 1.82) is 0 Å². The highest BCUT2D eigenvalue weighted by Gasteiger charge is 2.29. The highest BCUT2D eigenvalue weighted by Crippen LogP contribution is 2.27. The number of carbonyl (C=O) groups is 1. The minimum absolute atomic E-state index is 0.161. The minimum Gasteiger partial charge on any atom is -0.371 e. The van der Waals surface area contributed by atoms with Gasteiger partial charge in [-0.25, -0.2) is 9.97 Å². The fraction of sp³-hybridized carbons (Fsp3) is 0.615. The van der Waals surface area contributed by atoms with Crippen molar-refractivity contribution in [1.82, 2.24) is 9.97 Å². The molecule has 4 nitrogen and oxygen atoms in total. The first-order valence-corrected chi connectivity index (χ1v) is 6.05. The van der Waals surface area contributed by atoms with Crippen LogP contribution in [-0.2, 0) is 16.8 Å². The van der Waals surface area contributed by atoms with Gasteiger partial charge >= 0.3 is 0 Å². The first-order chi connectivity index (χ1) is 8.10. The number of aryl methyl sites for hydroxylation is 1. The van der Waals surface area contributed by atoms with Crippen molar-refractivity contribution in [3.63, 3.8) is 0 Å². The van der Waals surface area contributed by atoms with E-state index >= 15 is 0 Å². The summed E-state index contributed by atoms with van der Waals surface area (Å²) in [7, 11) is 1.66. The van der Waals surface area contributed by atoms with Crippen LogP contribution < -0.4 is 0 Å². The van der Waals surface area contributed by atoms with E-state index in [0.717, 1.165) is 25.0 Å². The summed E-state index contributed by atoms with van der Waals surface area (Å²) in [6, 6.07) is 0. The van der Waals surface area contributed by atoms with Crippen LogP contribution in [0.5, 0.6) is 0 Å². The van der Waals surface area contributed by atoms with Crippen molar-refractivity contribution in [3.05, 3.63) is 23.3 Å². The van der Waals surface area contributed by atoms with E-state index in [0.29, 0.717) is 17.8 Å². The lowest BCUT2D eigenvalue weighted by atomic mass is 9.95. The molecule has 1 heterocycles. The van der Waals surface area contributed by atoms with E-state index in [2.05, 4.69) is 9.97 Å². The number of Topliss-reactive ketones (excluding diaryl/α,β-unsaturated/α-hetero) is 1. The normalized spacial score (nSPS) is 18.6. The number of carbonyl (C=O) groups excluding carboxylic acids is 1. The van der Waals surface area contributed by atoms with Crippen LogP contribution in [0.2, 0.25) is 0 Å². The van der Waals surface area contributed by atoms with Crippen LogP contribution in [-0.4, -0.2) is 22.9 Å². The lowest BCUT2D eigenvalue weighted by Gasteiger charge is -2.26. The zero-order valence-electron chi connectivity index (χ0n) is 10.6. The van der Waals surface area contributed by atoms with Crippen LogP contribution in [0.3, 0.4) is 0 Å². The molecule has 0 aromatic carbocycles. The Hall–Kier alpha value is -1.29. The molecule has 92 valence electrons.